The van der Waals surface area contributed by atoms with Gasteiger partial charge in [0.15, 0.2) is 0 Å². The lowest BCUT2D eigenvalue weighted by molar-refractivity contribution is 0.108. The second-order valence-electron chi connectivity index (χ2n) is 4.60. The number of rotatable bonds is 5. The van der Waals surface area contributed by atoms with Crippen molar-refractivity contribution in [2.24, 2.45) is 0 Å². The fourth-order valence-corrected chi connectivity index (χ4v) is 2.15. The van der Waals surface area contributed by atoms with E-state index >= 15 is 0 Å². The minimum Gasteiger partial charge on any atom is -0.491 e. The van der Waals surface area contributed by atoms with Gasteiger partial charge in [-0.3, -0.25) is 0 Å². The number of ether oxygens (including phenoxy) is 1. The Morgan fingerprint density at radius 3 is 2.55 bits per heavy atom. The molecule has 0 aliphatic carbocycles. The first-order valence-corrected chi connectivity index (χ1v) is 6.92. The quantitative estimate of drug-likeness (QED) is 0.828. The van der Waals surface area contributed by atoms with E-state index in [9.17, 15) is 5.11 Å². The van der Waals surface area contributed by atoms with Crippen LogP contribution in [0.15, 0.2) is 42.5 Å². The molecule has 0 aromatic heterocycles. The zero-order valence-corrected chi connectivity index (χ0v) is 12.1. The van der Waals surface area contributed by atoms with E-state index < -0.39 is 6.10 Å². The third-order valence-electron chi connectivity index (χ3n) is 3.13. The molecule has 0 amide bonds. The molecule has 0 fully saturated rings. The lowest BCUT2D eigenvalue weighted by Gasteiger charge is -2.14. The van der Waals surface area contributed by atoms with Crippen LogP contribution in [0, 0.1) is 0 Å². The van der Waals surface area contributed by atoms with E-state index in [4.69, 9.17) is 22.1 Å². The first-order chi connectivity index (χ1) is 9.60. The summed E-state index contributed by atoms with van der Waals surface area (Å²) in [7, 11) is 0. The summed E-state index contributed by atoms with van der Waals surface area (Å²) < 4.78 is 5.61. The van der Waals surface area contributed by atoms with E-state index in [1.54, 1.807) is 30.3 Å². The van der Waals surface area contributed by atoms with Gasteiger partial charge in [-0.15, -0.1) is 0 Å². The normalized spacial score (nSPS) is 12.2. The molecule has 2 aromatic carbocycles. The number of hydrogen-bond donors (Lipinski definition) is 2. The Kier molecular flexibility index (Phi) is 4.88. The smallest absolute Gasteiger partial charge is 0.119 e. The minimum absolute atomic E-state index is 0.189. The summed E-state index contributed by atoms with van der Waals surface area (Å²) >= 11 is 6.05. The van der Waals surface area contributed by atoms with Crippen LogP contribution in [0.2, 0.25) is 5.02 Å². The molecule has 0 radical (unpaired) electrons. The summed E-state index contributed by atoms with van der Waals surface area (Å²) in [4.78, 5) is 0. The molecule has 0 saturated heterocycles. The number of hydrogen-bond acceptors (Lipinski definition) is 3. The molecular formula is C16H18ClNO2. The van der Waals surface area contributed by atoms with Crippen LogP contribution in [0.3, 0.4) is 0 Å². The molecular weight excluding hydrogens is 274 g/mol. The SMILES string of the molecule is CCc1cc(OCC(O)c2ccc(N)cc2)ccc1Cl. The Bertz CT molecular complexity index is 569. The maximum Gasteiger partial charge on any atom is 0.119 e. The van der Waals surface area contributed by atoms with Crippen molar-refractivity contribution in [2.45, 2.75) is 19.4 Å². The fourth-order valence-electron chi connectivity index (χ4n) is 1.90. The number of benzene rings is 2. The monoisotopic (exact) mass is 291 g/mol. The van der Waals surface area contributed by atoms with Gasteiger partial charge < -0.3 is 15.6 Å². The van der Waals surface area contributed by atoms with Gasteiger partial charge in [0.1, 0.15) is 18.5 Å². The first-order valence-electron chi connectivity index (χ1n) is 6.55. The second kappa shape index (κ2) is 6.64. The van der Waals surface area contributed by atoms with Crippen molar-refractivity contribution >= 4 is 17.3 Å². The molecule has 0 heterocycles. The maximum atomic E-state index is 10.1. The van der Waals surface area contributed by atoms with Crippen LogP contribution in [-0.2, 0) is 6.42 Å². The molecule has 0 bridgehead atoms. The lowest BCUT2D eigenvalue weighted by Crippen LogP contribution is -2.09. The Morgan fingerprint density at radius 1 is 1.20 bits per heavy atom. The highest BCUT2D eigenvalue weighted by Gasteiger charge is 2.09. The summed E-state index contributed by atoms with van der Waals surface area (Å²) in [5.74, 6) is 0.709. The highest BCUT2D eigenvalue weighted by atomic mass is 35.5. The van der Waals surface area contributed by atoms with Crippen LogP contribution in [-0.4, -0.2) is 11.7 Å². The molecule has 3 N–H and O–H groups in total. The summed E-state index contributed by atoms with van der Waals surface area (Å²) in [5.41, 5.74) is 8.10. The largest absolute Gasteiger partial charge is 0.491 e. The van der Waals surface area contributed by atoms with Crippen molar-refractivity contribution in [1.29, 1.82) is 0 Å². The summed E-state index contributed by atoms with van der Waals surface area (Å²) in [6.07, 6.45) is 0.160. The van der Waals surface area contributed by atoms with Crippen LogP contribution >= 0.6 is 11.6 Å². The summed E-state index contributed by atoms with van der Waals surface area (Å²) in [6, 6.07) is 12.6. The first kappa shape index (κ1) is 14.7. The van der Waals surface area contributed by atoms with Crippen molar-refractivity contribution in [3.63, 3.8) is 0 Å². The van der Waals surface area contributed by atoms with E-state index in [1.807, 2.05) is 19.1 Å². The van der Waals surface area contributed by atoms with E-state index in [0.717, 1.165) is 22.6 Å². The molecule has 1 unspecified atom stereocenters. The molecule has 1 atom stereocenters. The minimum atomic E-state index is -0.684. The van der Waals surface area contributed by atoms with Crippen molar-refractivity contribution < 1.29 is 9.84 Å². The predicted molar refractivity (Wildman–Crippen MR) is 82.1 cm³/mol. The zero-order valence-electron chi connectivity index (χ0n) is 11.3. The third-order valence-corrected chi connectivity index (χ3v) is 3.50. The number of nitrogen functional groups attached to an aromatic ring is 1. The molecule has 4 heteroatoms. The Labute approximate surface area is 123 Å². The van der Waals surface area contributed by atoms with Crippen LogP contribution in [0.5, 0.6) is 5.75 Å². The van der Waals surface area contributed by atoms with Gasteiger partial charge in [0.2, 0.25) is 0 Å². The van der Waals surface area contributed by atoms with Gasteiger partial charge in [0, 0.05) is 10.7 Å². The molecule has 0 saturated carbocycles. The van der Waals surface area contributed by atoms with Crippen molar-refractivity contribution in [3.05, 3.63) is 58.6 Å². The number of nitrogens with two attached hydrogens (primary N) is 1. The standard InChI is InChI=1S/C16H18ClNO2/c1-2-11-9-14(7-8-15(11)17)20-10-16(19)12-3-5-13(18)6-4-12/h3-9,16,19H,2,10,18H2,1H3. The second-order valence-corrected chi connectivity index (χ2v) is 5.01. The van der Waals surface area contributed by atoms with Crippen LogP contribution in [0.1, 0.15) is 24.2 Å². The van der Waals surface area contributed by atoms with Crippen LogP contribution < -0.4 is 10.5 Å². The number of aliphatic hydroxyl groups is 1. The van der Waals surface area contributed by atoms with Gasteiger partial charge in [-0.05, 0) is 47.9 Å². The van der Waals surface area contributed by atoms with Gasteiger partial charge in [-0.2, -0.15) is 0 Å². The van der Waals surface area contributed by atoms with Gasteiger partial charge in [0.25, 0.3) is 0 Å². The molecule has 0 aliphatic rings. The van der Waals surface area contributed by atoms with Gasteiger partial charge in [0.05, 0.1) is 0 Å². The topological polar surface area (TPSA) is 55.5 Å². The number of aryl methyl sites for hydroxylation is 1. The number of aliphatic hydroxyl groups excluding tert-OH is 1. The van der Waals surface area contributed by atoms with Crippen molar-refractivity contribution in [1.82, 2.24) is 0 Å². The average molecular weight is 292 g/mol. The van der Waals surface area contributed by atoms with E-state index in [1.165, 1.54) is 0 Å². The molecule has 20 heavy (non-hydrogen) atoms. The molecule has 2 rings (SSSR count). The van der Waals surface area contributed by atoms with Gasteiger partial charge in [-0.1, -0.05) is 30.7 Å². The van der Waals surface area contributed by atoms with Crippen LogP contribution in [0.4, 0.5) is 5.69 Å². The summed E-state index contributed by atoms with van der Waals surface area (Å²) in [6.45, 7) is 2.23. The predicted octanol–water partition coefficient (Wildman–Crippen LogP) is 3.60. The number of anilines is 1. The third kappa shape index (κ3) is 3.65. The Balaban J connectivity index is 1.99. The fraction of sp³-hybridized carbons (Fsp3) is 0.250. The maximum absolute atomic E-state index is 10.1. The number of halogens is 1. The van der Waals surface area contributed by atoms with Crippen LogP contribution in [0.25, 0.3) is 0 Å². The van der Waals surface area contributed by atoms with Gasteiger partial charge in [-0.25, -0.2) is 0 Å². The van der Waals surface area contributed by atoms with Crippen molar-refractivity contribution in [3.8, 4) is 5.75 Å². The molecule has 0 spiro atoms. The molecule has 106 valence electrons. The summed E-state index contributed by atoms with van der Waals surface area (Å²) in [5, 5.41) is 10.8. The molecule has 0 aliphatic heterocycles. The molecule has 3 nitrogen and oxygen atoms in total. The van der Waals surface area contributed by atoms with E-state index in [2.05, 4.69) is 0 Å². The van der Waals surface area contributed by atoms with Crippen molar-refractivity contribution in [2.75, 3.05) is 12.3 Å². The Hall–Kier alpha value is -1.71. The van der Waals surface area contributed by atoms with E-state index in [-0.39, 0.29) is 6.61 Å². The van der Waals surface area contributed by atoms with Gasteiger partial charge >= 0.3 is 0 Å². The zero-order chi connectivity index (χ0) is 14.5. The average Bonchev–Trinajstić information content (AvgIpc) is 2.46. The highest BCUT2D eigenvalue weighted by molar-refractivity contribution is 6.31. The molecule has 2 aromatic rings. The Morgan fingerprint density at radius 2 is 1.90 bits per heavy atom. The highest BCUT2D eigenvalue weighted by Crippen LogP contribution is 2.24. The van der Waals surface area contributed by atoms with E-state index in [0.29, 0.717) is 11.4 Å². The lowest BCUT2D eigenvalue weighted by atomic mass is 10.1.